The number of hydrogen-bond donors (Lipinski definition) is 5. The molecule has 0 radical (unpaired) electrons. The lowest BCUT2D eigenvalue weighted by Crippen LogP contribution is -2.37. The summed E-state index contributed by atoms with van der Waals surface area (Å²) >= 11 is 0. The Balaban J connectivity index is 1.91. The van der Waals surface area contributed by atoms with Crippen molar-refractivity contribution in [3.63, 3.8) is 0 Å². The Morgan fingerprint density at radius 2 is 1.68 bits per heavy atom. The number of nitrogens with zero attached hydrogens (tertiary/aromatic N) is 1. The first-order chi connectivity index (χ1) is 14.6. The van der Waals surface area contributed by atoms with E-state index in [2.05, 4.69) is 10.6 Å². The highest BCUT2D eigenvalue weighted by molar-refractivity contribution is 5.99. The van der Waals surface area contributed by atoms with Crippen molar-refractivity contribution in [2.75, 3.05) is 24.7 Å². The fourth-order valence-corrected chi connectivity index (χ4v) is 3.19. The second kappa shape index (κ2) is 8.39. The van der Waals surface area contributed by atoms with Crippen LogP contribution in [0.3, 0.4) is 0 Å². The van der Waals surface area contributed by atoms with Gasteiger partial charge in [0.25, 0.3) is 16.8 Å². The SMILES string of the molecule is CCC(Nc1c(Nc2cccc(C(=O)N(C)C)c2O)c(=O)c1=O)c1ccc(O)c(O)c1. The molecule has 1 unspecified atom stereocenters. The van der Waals surface area contributed by atoms with Gasteiger partial charge in [0.2, 0.25) is 0 Å². The zero-order valence-electron chi connectivity index (χ0n) is 17.3. The van der Waals surface area contributed by atoms with Crippen molar-refractivity contribution in [1.29, 1.82) is 0 Å². The lowest BCUT2D eigenvalue weighted by Gasteiger charge is -2.22. The van der Waals surface area contributed by atoms with E-state index in [0.717, 1.165) is 0 Å². The average Bonchev–Trinajstić information content (AvgIpc) is 2.75. The van der Waals surface area contributed by atoms with Crippen molar-refractivity contribution in [2.45, 2.75) is 19.4 Å². The van der Waals surface area contributed by atoms with Crippen LogP contribution >= 0.6 is 0 Å². The summed E-state index contributed by atoms with van der Waals surface area (Å²) in [6.45, 7) is 1.85. The summed E-state index contributed by atoms with van der Waals surface area (Å²) in [7, 11) is 3.10. The molecule has 0 bridgehead atoms. The monoisotopic (exact) mass is 425 g/mol. The van der Waals surface area contributed by atoms with Crippen LogP contribution in [0.2, 0.25) is 0 Å². The lowest BCUT2D eigenvalue weighted by molar-refractivity contribution is 0.0824. The Bertz CT molecular complexity index is 1210. The average molecular weight is 425 g/mol. The molecule has 31 heavy (non-hydrogen) atoms. The molecule has 1 atom stereocenters. The number of benzene rings is 2. The third kappa shape index (κ3) is 4.02. The van der Waals surface area contributed by atoms with E-state index in [-0.39, 0.29) is 39.9 Å². The largest absolute Gasteiger partial charge is 0.505 e. The van der Waals surface area contributed by atoms with Crippen molar-refractivity contribution >= 4 is 23.0 Å². The fourth-order valence-electron chi connectivity index (χ4n) is 3.19. The third-order valence-corrected chi connectivity index (χ3v) is 4.97. The first-order valence-corrected chi connectivity index (χ1v) is 9.58. The van der Waals surface area contributed by atoms with E-state index in [1.54, 1.807) is 26.2 Å². The number of nitrogens with one attached hydrogen (secondary N) is 2. The van der Waals surface area contributed by atoms with Gasteiger partial charge >= 0.3 is 0 Å². The van der Waals surface area contributed by atoms with Gasteiger partial charge in [-0.2, -0.15) is 0 Å². The van der Waals surface area contributed by atoms with Gasteiger partial charge in [-0.05, 0) is 36.2 Å². The number of hydrogen-bond acceptors (Lipinski definition) is 8. The van der Waals surface area contributed by atoms with E-state index in [1.807, 2.05) is 6.92 Å². The molecule has 0 saturated carbocycles. The molecule has 9 heteroatoms. The van der Waals surface area contributed by atoms with Crippen LogP contribution in [0.5, 0.6) is 17.2 Å². The number of phenols is 3. The Labute approximate surface area is 177 Å². The summed E-state index contributed by atoms with van der Waals surface area (Å²) in [4.78, 5) is 37.9. The number of anilines is 3. The standard InChI is InChI=1S/C22H23N3O6/c1-4-13(11-8-9-15(26)16(27)10-11)23-17-18(21(30)20(17)29)24-14-7-5-6-12(19(14)28)22(31)25(2)3/h5-10,13,23-24,26-28H,4H2,1-3H3. The summed E-state index contributed by atoms with van der Waals surface area (Å²) < 4.78 is 0. The maximum absolute atomic E-state index is 12.2. The van der Waals surface area contributed by atoms with Crippen LogP contribution in [0, 0.1) is 0 Å². The van der Waals surface area contributed by atoms with E-state index in [0.29, 0.717) is 12.0 Å². The molecule has 0 heterocycles. The molecule has 3 aromatic carbocycles. The molecule has 0 spiro atoms. The summed E-state index contributed by atoms with van der Waals surface area (Å²) in [6.07, 6.45) is 0.514. The topological polar surface area (TPSA) is 139 Å². The van der Waals surface area contributed by atoms with Crippen LogP contribution in [-0.4, -0.2) is 40.2 Å². The predicted octanol–water partition coefficient (Wildman–Crippen LogP) is 2.41. The number of rotatable bonds is 7. The van der Waals surface area contributed by atoms with Crippen LogP contribution < -0.4 is 21.5 Å². The van der Waals surface area contributed by atoms with Gasteiger partial charge in [0.05, 0.1) is 17.3 Å². The minimum Gasteiger partial charge on any atom is -0.505 e. The van der Waals surface area contributed by atoms with Gasteiger partial charge in [-0.15, -0.1) is 0 Å². The molecule has 162 valence electrons. The van der Waals surface area contributed by atoms with E-state index in [1.165, 1.54) is 29.2 Å². The molecule has 0 fully saturated rings. The molecule has 3 rings (SSSR count). The van der Waals surface area contributed by atoms with E-state index in [9.17, 15) is 29.7 Å². The maximum atomic E-state index is 12.2. The highest BCUT2D eigenvalue weighted by Crippen LogP contribution is 2.34. The van der Waals surface area contributed by atoms with Crippen LogP contribution in [0.4, 0.5) is 17.1 Å². The Kier molecular flexibility index (Phi) is 5.87. The summed E-state index contributed by atoms with van der Waals surface area (Å²) in [5, 5.41) is 35.5. The van der Waals surface area contributed by atoms with Crippen molar-refractivity contribution in [3.05, 3.63) is 68.0 Å². The number of phenolic OH excluding ortho intramolecular Hbond substituents is 3. The second-order valence-corrected chi connectivity index (χ2v) is 7.29. The van der Waals surface area contributed by atoms with E-state index >= 15 is 0 Å². The zero-order valence-corrected chi connectivity index (χ0v) is 17.3. The molecular weight excluding hydrogens is 402 g/mol. The number of amides is 1. The van der Waals surface area contributed by atoms with E-state index in [4.69, 9.17) is 0 Å². The molecule has 0 aliphatic carbocycles. The Morgan fingerprint density at radius 1 is 1.00 bits per heavy atom. The van der Waals surface area contributed by atoms with Crippen LogP contribution in [-0.2, 0) is 0 Å². The van der Waals surface area contributed by atoms with Gasteiger partial charge in [-0.1, -0.05) is 19.1 Å². The fraction of sp³-hybridized carbons (Fsp3) is 0.227. The first kappa shape index (κ1) is 21.7. The predicted molar refractivity (Wildman–Crippen MR) is 117 cm³/mol. The lowest BCUT2D eigenvalue weighted by atomic mass is 10.0. The Hall–Kier alpha value is -4.01. The maximum Gasteiger partial charge on any atom is 0.257 e. The number of carbonyl (C=O) groups is 1. The van der Waals surface area contributed by atoms with Gasteiger partial charge in [-0.25, -0.2) is 0 Å². The van der Waals surface area contributed by atoms with Crippen molar-refractivity contribution < 1.29 is 20.1 Å². The molecule has 9 nitrogen and oxygen atoms in total. The van der Waals surface area contributed by atoms with Crippen molar-refractivity contribution in [2.24, 2.45) is 0 Å². The van der Waals surface area contributed by atoms with Crippen molar-refractivity contribution in [1.82, 2.24) is 4.90 Å². The Morgan fingerprint density at radius 3 is 2.29 bits per heavy atom. The summed E-state index contributed by atoms with van der Waals surface area (Å²) in [6, 6.07) is 8.36. The van der Waals surface area contributed by atoms with Crippen LogP contribution in [0.25, 0.3) is 0 Å². The van der Waals surface area contributed by atoms with Gasteiger partial charge in [0.15, 0.2) is 17.2 Å². The van der Waals surface area contributed by atoms with Gasteiger partial charge in [-0.3, -0.25) is 14.4 Å². The molecule has 3 aromatic rings. The minimum atomic E-state index is -0.755. The molecule has 0 aliphatic rings. The van der Waals surface area contributed by atoms with Gasteiger partial charge in [0.1, 0.15) is 11.4 Å². The number of para-hydroxylation sites is 1. The molecule has 0 aromatic heterocycles. The second-order valence-electron chi connectivity index (χ2n) is 7.29. The molecular formula is C22H23N3O6. The van der Waals surface area contributed by atoms with Crippen LogP contribution in [0.15, 0.2) is 46.0 Å². The smallest absolute Gasteiger partial charge is 0.257 e. The number of carbonyl (C=O) groups excluding carboxylic acids is 1. The van der Waals surface area contributed by atoms with Gasteiger partial charge < -0.3 is 30.9 Å². The summed E-state index contributed by atoms with van der Waals surface area (Å²) in [5.74, 6) is -1.32. The number of aromatic hydroxyl groups is 3. The van der Waals surface area contributed by atoms with Crippen molar-refractivity contribution in [3.8, 4) is 17.2 Å². The molecule has 5 N–H and O–H groups in total. The molecule has 0 aliphatic heterocycles. The highest BCUT2D eigenvalue weighted by Gasteiger charge is 2.25. The third-order valence-electron chi connectivity index (χ3n) is 4.97. The van der Waals surface area contributed by atoms with E-state index < -0.39 is 22.8 Å². The first-order valence-electron chi connectivity index (χ1n) is 9.58. The van der Waals surface area contributed by atoms with Crippen LogP contribution in [0.1, 0.15) is 35.3 Å². The molecule has 0 saturated heterocycles. The molecule has 1 amide bonds. The zero-order chi connectivity index (χ0) is 22.9. The summed E-state index contributed by atoms with van der Waals surface area (Å²) in [5.41, 5.74) is -0.700. The van der Waals surface area contributed by atoms with Gasteiger partial charge in [0, 0.05) is 14.1 Å². The quantitative estimate of drug-likeness (QED) is 0.287. The normalized spacial score (nSPS) is 11.8. The minimum absolute atomic E-state index is 0.0313. The highest BCUT2D eigenvalue weighted by atomic mass is 16.3.